The van der Waals surface area contributed by atoms with Crippen molar-refractivity contribution in [2.24, 2.45) is 0 Å². The predicted octanol–water partition coefficient (Wildman–Crippen LogP) is 4.42. The van der Waals surface area contributed by atoms with Gasteiger partial charge in [0.25, 0.3) is 11.1 Å². The topological polar surface area (TPSA) is 84.9 Å². The van der Waals surface area contributed by atoms with Crippen LogP contribution in [0.25, 0.3) is 6.08 Å². The highest BCUT2D eigenvalue weighted by atomic mass is 35.5. The monoisotopic (exact) mass is 446 g/mol. The summed E-state index contributed by atoms with van der Waals surface area (Å²) in [5.41, 5.74) is 1.19. The predicted molar refractivity (Wildman–Crippen MR) is 117 cm³/mol. The third-order valence-electron chi connectivity index (χ3n) is 4.09. The van der Waals surface area contributed by atoms with Gasteiger partial charge in [0.15, 0.2) is 11.5 Å². The summed E-state index contributed by atoms with van der Waals surface area (Å²) in [4.78, 5) is 38.3. The molecular weight excluding hydrogens is 428 g/mol. The van der Waals surface area contributed by atoms with Crippen molar-refractivity contribution >= 4 is 52.2 Å². The van der Waals surface area contributed by atoms with Crippen molar-refractivity contribution in [1.82, 2.24) is 4.90 Å². The molecule has 1 N–H and O–H groups in total. The van der Waals surface area contributed by atoms with E-state index in [0.717, 1.165) is 16.7 Å². The Hall–Kier alpha value is -2.97. The zero-order valence-corrected chi connectivity index (χ0v) is 17.9. The number of carbonyl (C=O) groups excluding carboxylic acids is 3. The largest absolute Gasteiger partial charge is 0.493 e. The van der Waals surface area contributed by atoms with Crippen molar-refractivity contribution in [2.45, 2.75) is 6.92 Å². The van der Waals surface area contributed by atoms with Crippen LogP contribution in [-0.4, -0.2) is 42.2 Å². The number of imide groups is 1. The quantitative estimate of drug-likeness (QED) is 0.633. The number of anilines is 1. The molecule has 3 amide bonds. The molecule has 0 unspecified atom stereocenters. The van der Waals surface area contributed by atoms with Gasteiger partial charge in [0, 0.05) is 10.7 Å². The standard InChI is InChI=1S/C21H19ClN2O5S/c1-3-29-16-9-4-13(10-17(16)28-2)11-18-20(26)24(21(27)30-18)12-19(25)23-15-7-5-14(22)6-8-15/h4-11H,3,12H2,1-2H3,(H,23,25)/b18-11+. The van der Waals surface area contributed by atoms with Gasteiger partial charge in [-0.2, -0.15) is 0 Å². The molecular formula is C21H19ClN2O5S. The Labute approximate surface area is 183 Å². The average molecular weight is 447 g/mol. The molecule has 0 radical (unpaired) electrons. The third-order valence-corrected chi connectivity index (χ3v) is 5.25. The van der Waals surface area contributed by atoms with E-state index in [4.69, 9.17) is 21.1 Å². The maximum atomic E-state index is 12.6. The summed E-state index contributed by atoms with van der Waals surface area (Å²) in [6.45, 7) is 1.98. The number of carbonyl (C=O) groups is 3. The number of rotatable bonds is 7. The van der Waals surface area contributed by atoms with Gasteiger partial charge < -0.3 is 14.8 Å². The Bertz CT molecular complexity index is 1010. The maximum absolute atomic E-state index is 12.6. The van der Waals surface area contributed by atoms with Gasteiger partial charge in [-0.3, -0.25) is 19.3 Å². The van der Waals surface area contributed by atoms with Crippen LogP contribution in [0.4, 0.5) is 10.5 Å². The zero-order chi connectivity index (χ0) is 21.7. The second-order valence-corrected chi connectivity index (χ2v) is 7.60. The molecule has 1 saturated heterocycles. The summed E-state index contributed by atoms with van der Waals surface area (Å²) in [5.74, 6) is 0.101. The molecule has 0 saturated carbocycles. The summed E-state index contributed by atoms with van der Waals surface area (Å²) in [6, 6.07) is 11.7. The Kier molecular flexibility index (Phi) is 7.02. The Balaban J connectivity index is 1.71. The number of amides is 3. The minimum atomic E-state index is -0.524. The molecule has 30 heavy (non-hydrogen) atoms. The first-order valence-corrected chi connectivity index (χ1v) is 10.2. The first-order valence-electron chi connectivity index (χ1n) is 9.03. The van der Waals surface area contributed by atoms with E-state index in [1.807, 2.05) is 6.92 Å². The van der Waals surface area contributed by atoms with Crippen LogP contribution in [0.1, 0.15) is 12.5 Å². The Morgan fingerprint density at radius 3 is 2.57 bits per heavy atom. The van der Waals surface area contributed by atoms with Gasteiger partial charge in [-0.25, -0.2) is 0 Å². The summed E-state index contributed by atoms with van der Waals surface area (Å²) >= 11 is 6.60. The zero-order valence-electron chi connectivity index (χ0n) is 16.3. The van der Waals surface area contributed by atoms with Gasteiger partial charge in [-0.05, 0) is 66.7 Å². The third kappa shape index (κ3) is 5.14. The van der Waals surface area contributed by atoms with Gasteiger partial charge in [0.05, 0.1) is 18.6 Å². The SMILES string of the molecule is CCOc1ccc(/C=C2/SC(=O)N(CC(=O)Nc3ccc(Cl)cc3)C2=O)cc1OC. The molecule has 1 aliphatic heterocycles. The van der Waals surface area contributed by atoms with E-state index >= 15 is 0 Å². The molecule has 2 aromatic carbocycles. The number of hydrogen-bond donors (Lipinski definition) is 1. The Morgan fingerprint density at radius 2 is 1.90 bits per heavy atom. The van der Waals surface area contributed by atoms with Crippen LogP contribution in [0.5, 0.6) is 11.5 Å². The molecule has 2 aromatic rings. The first kappa shape index (κ1) is 21.7. The number of benzene rings is 2. The lowest BCUT2D eigenvalue weighted by molar-refractivity contribution is -0.127. The van der Waals surface area contributed by atoms with Crippen LogP contribution in [0, 0.1) is 0 Å². The van der Waals surface area contributed by atoms with Crippen LogP contribution < -0.4 is 14.8 Å². The first-order chi connectivity index (χ1) is 14.4. The number of nitrogens with one attached hydrogen (secondary N) is 1. The Morgan fingerprint density at radius 1 is 1.17 bits per heavy atom. The lowest BCUT2D eigenvalue weighted by atomic mass is 10.2. The highest BCUT2D eigenvalue weighted by Gasteiger charge is 2.36. The number of nitrogens with zero attached hydrogens (tertiary/aromatic N) is 1. The lowest BCUT2D eigenvalue weighted by Gasteiger charge is -2.12. The van der Waals surface area contributed by atoms with Crippen molar-refractivity contribution in [1.29, 1.82) is 0 Å². The average Bonchev–Trinajstić information content (AvgIpc) is 2.98. The lowest BCUT2D eigenvalue weighted by Crippen LogP contribution is -2.36. The minimum Gasteiger partial charge on any atom is -0.493 e. The minimum absolute atomic E-state index is 0.227. The van der Waals surface area contributed by atoms with Gasteiger partial charge in [-0.1, -0.05) is 17.7 Å². The molecule has 1 heterocycles. The number of methoxy groups -OCH3 is 1. The fourth-order valence-corrected chi connectivity index (χ4v) is 3.68. The van der Waals surface area contributed by atoms with Gasteiger partial charge in [0.1, 0.15) is 6.54 Å². The van der Waals surface area contributed by atoms with Crippen molar-refractivity contribution in [3.8, 4) is 11.5 Å². The highest BCUT2D eigenvalue weighted by molar-refractivity contribution is 8.18. The molecule has 7 nitrogen and oxygen atoms in total. The highest BCUT2D eigenvalue weighted by Crippen LogP contribution is 2.34. The van der Waals surface area contributed by atoms with Crippen molar-refractivity contribution in [2.75, 3.05) is 25.6 Å². The summed E-state index contributed by atoms with van der Waals surface area (Å²) in [7, 11) is 1.52. The van der Waals surface area contributed by atoms with Crippen LogP contribution >= 0.6 is 23.4 Å². The number of thioether (sulfide) groups is 1. The molecule has 0 aliphatic carbocycles. The molecule has 9 heteroatoms. The molecule has 0 aromatic heterocycles. The van der Waals surface area contributed by atoms with E-state index < -0.39 is 17.1 Å². The van der Waals surface area contributed by atoms with Crippen LogP contribution in [0.2, 0.25) is 5.02 Å². The molecule has 0 spiro atoms. The molecule has 0 bridgehead atoms. The van der Waals surface area contributed by atoms with E-state index in [0.29, 0.717) is 34.4 Å². The fraction of sp³-hybridized carbons (Fsp3) is 0.190. The van der Waals surface area contributed by atoms with Crippen molar-refractivity contribution < 1.29 is 23.9 Å². The number of ether oxygens (including phenoxy) is 2. The normalized spacial score (nSPS) is 14.9. The number of halogens is 1. The van der Waals surface area contributed by atoms with Gasteiger partial charge in [-0.15, -0.1) is 0 Å². The van der Waals surface area contributed by atoms with E-state index in [1.165, 1.54) is 7.11 Å². The fourth-order valence-electron chi connectivity index (χ4n) is 2.71. The molecule has 156 valence electrons. The summed E-state index contributed by atoms with van der Waals surface area (Å²) in [5, 5.41) is 2.66. The van der Waals surface area contributed by atoms with Crippen LogP contribution in [0.3, 0.4) is 0 Å². The van der Waals surface area contributed by atoms with Crippen LogP contribution in [-0.2, 0) is 9.59 Å². The molecule has 1 fully saturated rings. The van der Waals surface area contributed by atoms with Gasteiger partial charge in [0.2, 0.25) is 5.91 Å². The van der Waals surface area contributed by atoms with E-state index in [-0.39, 0.29) is 11.4 Å². The maximum Gasteiger partial charge on any atom is 0.294 e. The van der Waals surface area contributed by atoms with Gasteiger partial charge >= 0.3 is 0 Å². The van der Waals surface area contributed by atoms with Crippen molar-refractivity contribution in [3.63, 3.8) is 0 Å². The van der Waals surface area contributed by atoms with E-state index in [2.05, 4.69) is 5.32 Å². The van der Waals surface area contributed by atoms with E-state index in [9.17, 15) is 14.4 Å². The summed E-state index contributed by atoms with van der Waals surface area (Å²) in [6.07, 6.45) is 1.58. The van der Waals surface area contributed by atoms with E-state index in [1.54, 1.807) is 48.5 Å². The molecule has 1 aliphatic rings. The molecule has 0 atom stereocenters. The second kappa shape index (κ2) is 9.69. The number of hydrogen-bond acceptors (Lipinski definition) is 6. The summed E-state index contributed by atoms with van der Waals surface area (Å²) < 4.78 is 10.8. The smallest absolute Gasteiger partial charge is 0.294 e. The second-order valence-electron chi connectivity index (χ2n) is 6.17. The molecule has 3 rings (SSSR count). The van der Waals surface area contributed by atoms with Crippen LogP contribution in [0.15, 0.2) is 47.4 Å². The van der Waals surface area contributed by atoms with Crippen molar-refractivity contribution in [3.05, 3.63) is 58.0 Å².